The molecule has 1 aliphatic rings. The summed E-state index contributed by atoms with van der Waals surface area (Å²) in [6.07, 6.45) is 3.21. The molecule has 0 aliphatic carbocycles. The first-order chi connectivity index (χ1) is 8.77. The molecular formula is C14H12N2OS. The van der Waals surface area contributed by atoms with Gasteiger partial charge >= 0.3 is 0 Å². The second-order valence-corrected chi connectivity index (χ2v) is 5.44. The summed E-state index contributed by atoms with van der Waals surface area (Å²) >= 11 is 1.63. The second-order valence-electron chi connectivity index (χ2n) is 4.31. The predicted molar refractivity (Wildman–Crippen MR) is 70.6 cm³/mol. The molecule has 18 heavy (non-hydrogen) atoms. The zero-order valence-electron chi connectivity index (χ0n) is 9.91. The van der Waals surface area contributed by atoms with Crippen molar-refractivity contribution in [2.24, 2.45) is 5.92 Å². The van der Waals surface area contributed by atoms with Crippen molar-refractivity contribution in [3.8, 4) is 0 Å². The highest BCUT2D eigenvalue weighted by atomic mass is 32.2. The number of Topliss-reactive ketones (excluding diaryl/α,β-unsaturated/α-hetero) is 1. The maximum absolute atomic E-state index is 12.3. The summed E-state index contributed by atoms with van der Waals surface area (Å²) in [6.45, 7) is 1.96. The van der Waals surface area contributed by atoms with E-state index in [1.54, 1.807) is 24.2 Å². The van der Waals surface area contributed by atoms with Crippen molar-refractivity contribution in [2.75, 3.05) is 0 Å². The van der Waals surface area contributed by atoms with E-state index < -0.39 is 0 Å². The zero-order chi connectivity index (χ0) is 12.5. The third-order valence-electron chi connectivity index (χ3n) is 3.13. The number of ketones is 1. The molecule has 0 fully saturated rings. The number of benzene rings is 1. The summed E-state index contributed by atoms with van der Waals surface area (Å²) in [6, 6.07) is 10.1. The molecule has 4 heteroatoms. The number of fused-ring (bicyclic) bond motifs is 1. The molecule has 90 valence electrons. The number of rotatable bonds is 1. The van der Waals surface area contributed by atoms with Gasteiger partial charge in [-0.15, -0.1) is 0 Å². The van der Waals surface area contributed by atoms with E-state index in [9.17, 15) is 4.79 Å². The summed E-state index contributed by atoms with van der Waals surface area (Å²) in [7, 11) is 0. The molecule has 3 rings (SSSR count). The monoisotopic (exact) mass is 256 g/mol. The fraction of sp³-hybridized carbons (Fsp3) is 0.214. The molecule has 1 aromatic heterocycles. The van der Waals surface area contributed by atoms with Crippen LogP contribution < -0.4 is 0 Å². The Balaban J connectivity index is 2.04. The van der Waals surface area contributed by atoms with Crippen LogP contribution in [-0.2, 0) is 0 Å². The van der Waals surface area contributed by atoms with Crippen LogP contribution in [-0.4, -0.2) is 15.8 Å². The van der Waals surface area contributed by atoms with Crippen LogP contribution in [0.1, 0.15) is 28.2 Å². The molecule has 0 unspecified atom stereocenters. The first-order valence-corrected chi connectivity index (χ1v) is 6.72. The van der Waals surface area contributed by atoms with E-state index in [1.165, 1.54) is 5.56 Å². The van der Waals surface area contributed by atoms with Gasteiger partial charge in [0.05, 0.1) is 0 Å². The maximum Gasteiger partial charge on any atom is 0.188 e. The first kappa shape index (κ1) is 11.4. The molecule has 0 saturated carbocycles. The van der Waals surface area contributed by atoms with Gasteiger partial charge in [-0.05, 0) is 5.56 Å². The molecule has 2 aromatic rings. The molecule has 1 aromatic carbocycles. The van der Waals surface area contributed by atoms with Gasteiger partial charge < -0.3 is 0 Å². The maximum atomic E-state index is 12.3. The van der Waals surface area contributed by atoms with Crippen molar-refractivity contribution in [3.05, 3.63) is 54.0 Å². The molecule has 0 bridgehead atoms. The minimum absolute atomic E-state index is 0.0680. The molecule has 0 saturated heterocycles. The van der Waals surface area contributed by atoms with Crippen LogP contribution in [0.3, 0.4) is 0 Å². The van der Waals surface area contributed by atoms with Gasteiger partial charge in [0.1, 0.15) is 10.7 Å². The predicted octanol–water partition coefficient (Wildman–Crippen LogP) is 3.14. The smallest absolute Gasteiger partial charge is 0.188 e. The third kappa shape index (κ3) is 1.82. The Labute approximate surface area is 110 Å². The molecular weight excluding hydrogens is 244 g/mol. The van der Waals surface area contributed by atoms with E-state index in [1.807, 2.05) is 25.1 Å². The minimum atomic E-state index is -0.0680. The number of thioether (sulfide) groups is 1. The lowest BCUT2D eigenvalue weighted by Gasteiger charge is -2.27. The number of hydrogen-bond donors (Lipinski definition) is 0. The molecule has 2 atom stereocenters. The number of carbonyl (C=O) groups excluding carboxylic acids is 1. The highest BCUT2D eigenvalue weighted by Crippen LogP contribution is 2.45. The van der Waals surface area contributed by atoms with E-state index in [0.717, 1.165) is 5.03 Å². The van der Waals surface area contributed by atoms with Gasteiger partial charge in [0.25, 0.3) is 0 Å². The lowest BCUT2D eigenvalue weighted by Crippen LogP contribution is -2.24. The van der Waals surface area contributed by atoms with Gasteiger partial charge in [-0.1, -0.05) is 49.0 Å². The van der Waals surface area contributed by atoms with Crippen LogP contribution >= 0.6 is 11.8 Å². The van der Waals surface area contributed by atoms with Gasteiger partial charge in [-0.2, -0.15) is 0 Å². The standard InChI is InChI=1S/C14H12N2OS/c1-9-12(17)11-14(16-8-7-15-11)18-13(9)10-5-3-2-4-6-10/h2-9,13H,1H3/t9-,13-/m1/s1. The molecule has 0 radical (unpaired) electrons. The van der Waals surface area contributed by atoms with Gasteiger partial charge in [-0.3, -0.25) is 4.79 Å². The van der Waals surface area contributed by atoms with E-state index in [0.29, 0.717) is 5.69 Å². The SMILES string of the molecule is C[C@@H]1C(=O)c2nccnc2S[C@H]1c1ccccc1. The molecule has 0 amide bonds. The average Bonchev–Trinajstić information content (AvgIpc) is 2.44. The van der Waals surface area contributed by atoms with Crippen molar-refractivity contribution < 1.29 is 4.79 Å². The molecule has 0 spiro atoms. The van der Waals surface area contributed by atoms with E-state index in [-0.39, 0.29) is 17.0 Å². The van der Waals surface area contributed by atoms with Crippen LogP contribution in [0.2, 0.25) is 0 Å². The van der Waals surface area contributed by atoms with Crippen LogP contribution in [0.25, 0.3) is 0 Å². The average molecular weight is 256 g/mol. The van der Waals surface area contributed by atoms with Crippen LogP contribution in [0.15, 0.2) is 47.8 Å². The largest absolute Gasteiger partial charge is 0.292 e. The van der Waals surface area contributed by atoms with Crippen molar-refractivity contribution in [3.63, 3.8) is 0 Å². The quantitative estimate of drug-likeness (QED) is 0.786. The lowest BCUT2D eigenvalue weighted by atomic mass is 9.94. The zero-order valence-corrected chi connectivity index (χ0v) is 10.7. The normalized spacial score (nSPS) is 22.6. The van der Waals surface area contributed by atoms with Crippen LogP contribution in [0.5, 0.6) is 0 Å². The molecule has 2 heterocycles. The molecule has 1 aliphatic heterocycles. The highest BCUT2D eigenvalue weighted by molar-refractivity contribution is 7.99. The first-order valence-electron chi connectivity index (χ1n) is 5.84. The Morgan fingerprint density at radius 2 is 1.83 bits per heavy atom. The van der Waals surface area contributed by atoms with Gasteiger partial charge in [0.15, 0.2) is 5.78 Å². The van der Waals surface area contributed by atoms with E-state index in [4.69, 9.17) is 0 Å². The molecule has 0 N–H and O–H groups in total. The summed E-state index contributed by atoms with van der Waals surface area (Å²) in [4.78, 5) is 20.7. The fourth-order valence-electron chi connectivity index (χ4n) is 2.16. The second kappa shape index (κ2) is 4.53. The van der Waals surface area contributed by atoms with Crippen LogP contribution in [0, 0.1) is 5.92 Å². The summed E-state index contributed by atoms with van der Waals surface area (Å²) in [5.41, 5.74) is 1.68. The topological polar surface area (TPSA) is 42.9 Å². The molecule has 3 nitrogen and oxygen atoms in total. The number of aromatic nitrogens is 2. The Morgan fingerprint density at radius 1 is 1.11 bits per heavy atom. The summed E-state index contributed by atoms with van der Waals surface area (Å²) in [5.74, 6) is 0.0207. The summed E-state index contributed by atoms with van der Waals surface area (Å²) < 4.78 is 0. The lowest BCUT2D eigenvalue weighted by molar-refractivity contribution is 0.0914. The fourth-order valence-corrected chi connectivity index (χ4v) is 3.40. The number of carbonyl (C=O) groups is 1. The Bertz CT molecular complexity index is 585. The van der Waals surface area contributed by atoms with Crippen molar-refractivity contribution >= 4 is 17.5 Å². The van der Waals surface area contributed by atoms with Gasteiger partial charge in [-0.25, -0.2) is 9.97 Å². The van der Waals surface area contributed by atoms with Crippen molar-refractivity contribution in [2.45, 2.75) is 17.2 Å². The van der Waals surface area contributed by atoms with E-state index in [2.05, 4.69) is 22.1 Å². The van der Waals surface area contributed by atoms with E-state index >= 15 is 0 Å². The van der Waals surface area contributed by atoms with Crippen LogP contribution in [0.4, 0.5) is 0 Å². The Hall–Kier alpha value is -1.68. The van der Waals surface area contributed by atoms with Gasteiger partial charge in [0, 0.05) is 23.6 Å². The Kier molecular flexibility index (Phi) is 2.88. The van der Waals surface area contributed by atoms with Gasteiger partial charge in [0.2, 0.25) is 0 Å². The third-order valence-corrected chi connectivity index (χ3v) is 4.59. The Morgan fingerprint density at radius 3 is 2.61 bits per heavy atom. The number of hydrogen-bond acceptors (Lipinski definition) is 4. The summed E-state index contributed by atoms with van der Waals surface area (Å²) in [5, 5.41) is 0.873. The van der Waals surface area contributed by atoms with Crippen molar-refractivity contribution in [1.82, 2.24) is 9.97 Å². The number of nitrogens with zero attached hydrogens (tertiary/aromatic N) is 2. The van der Waals surface area contributed by atoms with Crippen molar-refractivity contribution in [1.29, 1.82) is 0 Å². The minimum Gasteiger partial charge on any atom is -0.292 e. The highest BCUT2D eigenvalue weighted by Gasteiger charge is 2.35.